The van der Waals surface area contributed by atoms with Gasteiger partial charge in [0.15, 0.2) is 0 Å². The minimum Gasteiger partial charge on any atom is -0.495 e. The van der Waals surface area contributed by atoms with Crippen molar-refractivity contribution in [2.75, 3.05) is 44.7 Å². The summed E-state index contributed by atoms with van der Waals surface area (Å²) in [6, 6.07) is 7.68. The minimum absolute atomic E-state index is 0.0208. The van der Waals surface area contributed by atoms with Gasteiger partial charge < -0.3 is 14.6 Å². The number of aromatic nitrogens is 2. The average Bonchev–Trinajstić information content (AvgIpc) is 3.21. The van der Waals surface area contributed by atoms with Crippen LogP contribution in [0.1, 0.15) is 18.7 Å². The van der Waals surface area contributed by atoms with Crippen LogP contribution in [0.15, 0.2) is 34.4 Å². The topological polar surface area (TPSA) is 61.5 Å². The van der Waals surface area contributed by atoms with Crippen molar-refractivity contribution in [3.05, 3.63) is 50.8 Å². The number of hydrogen-bond acceptors (Lipinski definition) is 6. The molecule has 1 N–H and O–H groups in total. The van der Waals surface area contributed by atoms with Crippen LogP contribution in [-0.4, -0.2) is 54.7 Å². The predicted molar refractivity (Wildman–Crippen MR) is 120 cm³/mol. The zero-order valence-electron chi connectivity index (χ0n) is 16.5. The van der Waals surface area contributed by atoms with Gasteiger partial charge in [-0.2, -0.15) is 0 Å². The zero-order valence-corrected chi connectivity index (χ0v) is 18.1. The lowest BCUT2D eigenvalue weighted by molar-refractivity contribution is 0.252. The highest BCUT2D eigenvalue weighted by atomic mass is 35.5. The van der Waals surface area contributed by atoms with Gasteiger partial charge in [-0.05, 0) is 49.0 Å². The molecule has 0 unspecified atom stereocenters. The van der Waals surface area contributed by atoms with E-state index in [0.29, 0.717) is 4.70 Å². The van der Waals surface area contributed by atoms with E-state index in [2.05, 4.69) is 19.8 Å². The molecule has 0 amide bonds. The number of aromatic amines is 1. The van der Waals surface area contributed by atoms with Gasteiger partial charge in [-0.15, -0.1) is 11.3 Å². The van der Waals surface area contributed by atoms with E-state index in [4.69, 9.17) is 16.3 Å². The molecule has 4 rings (SSSR count). The Kier molecular flexibility index (Phi) is 6.37. The second-order valence-corrected chi connectivity index (χ2v) is 8.60. The number of benzene rings is 1. The Morgan fingerprint density at radius 3 is 2.83 bits per heavy atom. The van der Waals surface area contributed by atoms with Gasteiger partial charge in [0.1, 0.15) is 16.3 Å². The number of halogens is 1. The van der Waals surface area contributed by atoms with Crippen LogP contribution in [0.25, 0.3) is 10.2 Å². The Morgan fingerprint density at radius 2 is 2.03 bits per heavy atom. The summed E-state index contributed by atoms with van der Waals surface area (Å²) >= 11 is 7.61. The Balaban J connectivity index is 1.24. The maximum atomic E-state index is 12.0. The SMILES string of the molecule is COc1ccc(Cl)cc1N1CCN(CCCCc2nc3ccsc3c(=O)[nH]2)CC1. The van der Waals surface area contributed by atoms with E-state index in [1.807, 2.05) is 29.6 Å². The van der Waals surface area contributed by atoms with Crippen molar-refractivity contribution in [1.82, 2.24) is 14.9 Å². The maximum Gasteiger partial charge on any atom is 0.268 e. The van der Waals surface area contributed by atoms with E-state index in [0.717, 1.165) is 79.8 Å². The summed E-state index contributed by atoms with van der Waals surface area (Å²) in [5.74, 6) is 1.66. The highest BCUT2D eigenvalue weighted by Crippen LogP contribution is 2.31. The lowest BCUT2D eigenvalue weighted by atomic mass is 10.2. The number of unbranched alkanes of at least 4 members (excludes halogenated alkanes) is 1. The molecule has 0 bridgehead atoms. The molecule has 0 radical (unpaired) electrons. The number of nitrogens with zero attached hydrogens (tertiary/aromatic N) is 3. The summed E-state index contributed by atoms with van der Waals surface area (Å²) in [5.41, 5.74) is 1.85. The molecule has 0 spiro atoms. The van der Waals surface area contributed by atoms with Crippen molar-refractivity contribution in [3.8, 4) is 5.75 Å². The lowest BCUT2D eigenvalue weighted by Gasteiger charge is -2.36. The largest absolute Gasteiger partial charge is 0.495 e. The number of aryl methyl sites for hydroxylation is 1. The summed E-state index contributed by atoms with van der Waals surface area (Å²) in [7, 11) is 1.70. The van der Waals surface area contributed by atoms with Gasteiger partial charge >= 0.3 is 0 Å². The van der Waals surface area contributed by atoms with Crippen molar-refractivity contribution >= 4 is 38.8 Å². The van der Waals surface area contributed by atoms with Gasteiger partial charge in [0, 0.05) is 37.6 Å². The molecule has 1 aromatic carbocycles. The fraction of sp³-hybridized carbons (Fsp3) is 0.429. The van der Waals surface area contributed by atoms with E-state index in [-0.39, 0.29) is 5.56 Å². The highest BCUT2D eigenvalue weighted by molar-refractivity contribution is 7.17. The van der Waals surface area contributed by atoms with Crippen molar-refractivity contribution in [3.63, 3.8) is 0 Å². The maximum absolute atomic E-state index is 12.0. The molecule has 0 aliphatic carbocycles. The van der Waals surface area contributed by atoms with Gasteiger partial charge in [0.25, 0.3) is 5.56 Å². The monoisotopic (exact) mass is 432 g/mol. The second-order valence-electron chi connectivity index (χ2n) is 7.25. The van der Waals surface area contributed by atoms with Gasteiger partial charge in [-0.25, -0.2) is 4.98 Å². The van der Waals surface area contributed by atoms with Crippen molar-refractivity contribution in [2.24, 2.45) is 0 Å². The number of thiophene rings is 1. The van der Waals surface area contributed by atoms with Crippen LogP contribution in [0.3, 0.4) is 0 Å². The van der Waals surface area contributed by atoms with Crippen molar-refractivity contribution in [2.45, 2.75) is 19.3 Å². The van der Waals surface area contributed by atoms with Crippen LogP contribution in [0.2, 0.25) is 5.02 Å². The van der Waals surface area contributed by atoms with Crippen LogP contribution >= 0.6 is 22.9 Å². The third kappa shape index (κ3) is 4.74. The van der Waals surface area contributed by atoms with Crippen LogP contribution < -0.4 is 15.2 Å². The Bertz CT molecular complexity index is 1030. The number of piperazine rings is 1. The number of H-pyrrole nitrogens is 1. The number of methoxy groups -OCH3 is 1. The fourth-order valence-corrected chi connectivity index (χ4v) is 4.68. The molecule has 3 heterocycles. The third-order valence-electron chi connectivity index (χ3n) is 5.36. The first kappa shape index (κ1) is 20.2. The molecule has 6 nitrogen and oxygen atoms in total. The molecule has 3 aromatic rings. The van der Waals surface area contributed by atoms with E-state index < -0.39 is 0 Å². The van der Waals surface area contributed by atoms with Crippen LogP contribution in [-0.2, 0) is 6.42 Å². The molecule has 2 aromatic heterocycles. The Labute approximate surface area is 179 Å². The number of anilines is 1. The number of fused-ring (bicyclic) bond motifs is 1. The van der Waals surface area contributed by atoms with Crippen molar-refractivity contribution < 1.29 is 4.74 Å². The third-order valence-corrected chi connectivity index (χ3v) is 6.49. The van der Waals surface area contributed by atoms with Gasteiger partial charge in [0.2, 0.25) is 0 Å². The fourth-order valence-electron chi connectivity index (χ4n) is 3.79. The summed E-state index contributed by atoms with van der Waals surface area (Å²) in [6.45, 7) is 5.02. The van der Waals surface area contributed by atoms with E-state index >= 15 is 0 Å². The van der Waals surface area contributed by atoms with Gasteiger partial charge in [0.05, 0.1) is 18.3 Å². The smallest absolute Gasteiger partial charge is 0.268 e. The van der Waals surface area contributed by atoms with E-state index in [1.165, 1.54) is 11.3 Å². The van der Waals surface area contributed by atoms with Crippen LogP contribution in [0, 0.1) is 0 Å². The van der Waals surface area contributed by atoms with Crippen LogP contribution in [0.5, 0.6) is 5.75 Å². The summed E-state index contributed by atoms with van der Waals surface area (Å²) in [4.78, 5) is 24.3. The lowest BCUT2D eigenvalue weighted by Crippen LogP contribution is -2.46. The summed E-state index contributed by atoms with van der Waals surface area (Å²) in [5, 5.41) is 2.64. The number of ether oxygens (including phenoxy) is 1. The number of nitrogens with one attached hydrogen (secondary N) is 1. The molecule has 1 aliphatic rings. The standard InChI is InChI=1S/C21H25ClN4O2S/c1-28-18-6-5-15(22)14-17(18)26-11-9-25(10-12-26)8-3-2-4-19-23-16-7-13-29-20(16)21(27)24-19/h5-7,13-14H,2-4,8-12H2,1H3,(H,23,24,27). The van der Waals surface area contributed by atoms with Gasteiger partial charge in [-0.1, -0.05) is 11.6 Å². The predicted octanol–water partition coefficient (Wildman–Crippen LogP) is 3.79. The molecular weight excluding hydrogens is 408 g/mol. The first-order valence-electron chi connectivity index (χ1n) is 9.91. The Morgan fingerprint density at radius 1 is 1.21 bits per heavy atom. The van der Waals surface area contributed by atoms with E-state index in [9.17, 15) is 4.79 Å². The Hall–Kier alpha value is -2.09. The molecule has 0 saturated carbocycles. The molecule has 8 heteroatoms. The molecule has 0 atom stereocenters. The average molecular weight is 433 g/mol. The summed E-state index contributed by atoms with van der Waals surface area (Å²) in [6.07, 6.45) is 2.91. The first-order chi connectivity index (χ1) is 14.1. The first-order valence-corrected chi connectivity index (χ1v) is 11.2. The zero-order chi connectivity index (χ0) is 20.2. The van der Waals surface area contributed by atoms with Crippen molar-refractivity contribution in [1.29, 1.82) is 0 Å². The highest BCUT2D eigenvalue weighted by Gasteiger charge is 2.19. The molecule has 1 aliphatic heterocycles. The molecule has 29 heavy (non-hydrogen) atoms. The number of rotatable bonds is 7. The van der Waals surface area contributed by atoms with Gasteiger partial charge in [-0.3, -0.25) is 9.69 Å². The number of hydrogen-bond donors (Lipinski definition) is 1. The molecular formula is C21H25ClN4O2S. The molecule has 1 fully saturated rings. The van der Waals surface area contributed by atoms with Crippen LogP contribution in [0.4, 0.5) is 5.69 Å². The summed E-state index contributed by atoms with van der Waals surface area (Å²) < 4.78 is 6.20. The normalized spacial score (nSPS) is 15.2. The second kappa shape index (κ2) is 9.15. The van der Waals surface area contributed by atoms with E-state index in [1.54, 1.807) is 7.11 Å². The minimum atomic E-state index is -0.0208. The quantitative estimate of drug-likeness (QED) is 0.575. The molecule has 154 valence electrons. The molecule has 1 saturated heterocycles.